The van der Waals surface area contributed by atoms with Crippen molar-refractivity contribution in [1.29, 1.82) is 0 Å². The summed E-state index contributed by atoms with van der Waals surface area (Å²) in [5.41, 5.74) is 1.33. The number of imide groups is 1. The number of amides is 4. The van der Waals surface area contributed by atoms with Gasteiger partial charge in [0.25, 0.3) is 5.91 Å². The first-order valence-corrected chi connectivity index (χ1v) is 12.2. The van der Waals surface area contributed by atoms with E-state index in [-0.39, 0.29) is 12.5 Å². The minimum Gasteiger partial charge on any atom is -0.319 e. The van der Waals surface area contributed by atoms with Crippen molar-refractivity contribution < 1.29 is 14.4 Å². The zero-order valence-electron chi connectivity index (χ0n) is 19.2. The molecule has 8 heteroatoms. The number of para-hydroxylation sites is 1. The largest absolute Gasteiger partial charge is 0.325 e. The molecule has 0 radical (unpaired) electrons. The Morgan fingerprint density at radius 2 is 1.63 bits per heavy atom. The first-order chi connectivity index (χ1) is 17.0. The van der Waals surface area contributed by atoms with Crippen LogP contribution >= 0.6 is 11.3 Å². The summed E-state index contributed by atoms with van der Waals surface area (Å²) < 4.78 is 0.964. The number of urea groups is 1. The molecule has 35 heavy (non-hydrogen) atoms. The van der Waals surface area contributed by atoms with Gasteiger partial charge in [-0.15, -0.1) is 0 Å². The first kappa shape index (κ1) is 22.7. The molecule has 7 nitrogen and oxygen atoms in total. The molecule has 4 amide bonds. The van der Waals surface area contributed by atoms with Crippen molar-refractivity contribution in [3.63, 3.8) is 0 Å². The summed E-state index contributed by atoms with van der Waals surface area (Å²) in [4.78, 5) is 46.9. The fraction of sp³-hybridized carbons (Fsp3) is 0.185. The van der Waals surface area contributed by atoms with E-state index in [1.165, 1.54) is 11.3 Å². The SMILES string of the molecule is CC1(c2ccccc2)NC(=O)N(CC(=O)N(CCc2ccccc2)c2nc3ccccc3s2)C1=O. The van der Waals surface area contributed by atoms with Gasteiger partial charge < -0.3 is 5.32 Å². The number of benzene rings is 3. The lowest BCUT2D eigenvalue weighted by Crippen LogP contribution is -2.45. The number of hydrogen-bond donors (Lipinski definition) is 1. The third-order valence-electron chi connectivity index (χ3n) is 6.20. The number of thiazole rings is 1. The van der Waals surface area contributed by atoms with Gasteiger partial charge in [-0.3, -0.25) is 19.4 Å². The van der Waals surface area contributed by atoms with Gasteiger partial charge in [-0.2, -0.15) is 0 Å². The molecule has 2 heterocycles. The number of nitrogens with zero attached hydrogens (tertiary/aromatic N) is 3. The second kappa shape index (κ2) is 9.31. The molecular weight excluding hydrogens is 460 g/mol. The second-order valence-electron chi connectivity index (χ2n) is 8.56. The third kappa shape index (κ3) is 4.40. The van der Waals surface area contributed by atoms with Crippen LogP contribution in [0.5, 0.6) is 0 Å². The molecule has 1 aromatic heterocycles. The lowest BCUT2D eigenvalue weighted by Gasteiger charge is -2.24. The average molecular weight is 485 g/mol. The highest BCUT2D eigenvalue weighted by Crippen LogP contribution is 2.31. The maximum Gasteiger partial charge on any atom is 0.325 e. The van der Waals surface area contributed by atoms with E-state index in [1.807, 2.05) is 72.8 Å². The molecule has 1 aliphatic rings. The number of aromatic nitrogens is 1. The molecule has 0 saturated carbocycles. The number of carbonyl (C=O) groups excluding carboxylic acids is 3. The summed E-state index contributed by atoms with van der Waals surface area (Å²) in [5.74, 6) is -0.810. The Labute approximate surface area is 207 Å². The Bertz CT molecular complexity index is 1360. The molecule has 5 rings (SSSR count). The maximum atomic E-state index is 13.6. The molecule has 1 unspecified atom stereocenters. The van der Waals surface area contributed by atoms with Gasteiger partial charge in [0, 0.05) is 6.54 Å². The Kier molecular flexibility index (Phi) is 6.05. The third-order valence-corrected chi connectivity index (χ3v) is 7.26. The summed E-state index contributed by atoms with van der Waals surface area (Å²) in [6, 6.07) is 26.0. The quantitative estimate of drug-likeness (QED) is 0.396. The lowest BCUT2D eigenvalue weighted by atomic mass is 9.92. The lowest BCUT2D eigenvalue weighted by molar-refractivity contribution is -0.134. The molecule has 4 aromatic rings. The molecule has 0 aliphatic carbocycles. The number of nitrogens with one attached hydrogen (secondary N) is 1. The number of hydrogen-bond acceptors (Lipinski definition) is 5. The topological polar surface area (TPSA) is 82.6 Å². The van der Waals surface area contributed by atoms with Crippen LogP contribution in [0.25, 0.3) is 10.2 Å². The van der Waals surface area contributed by atoms with Crippen molar-refractivity contribution in [2.45, 2.75) is 18.9 Å². The average Bonchev–Trinajstić information content (AvgIpc) is 3.40. The monoisotopic (exact) mass is 484 g/mol. The zero-order chi connectivity index (χ0) is 24.4. The predicted octanol–water partition coefficient (Wildman–Crippen LogP) is 4.34. The van der Waals surface area contributed by atoms with Crippen LogP contribution < -0.4 is 10.2 Å². The molecule has 176 valence electrons. The second-order valence-corrected chi connectivity index (χ2v) is 9.57. The van der Waals surface area contributed by atoms with Gasteiger partial charge in [0.2, 0.25) is 5.91 Å². The standard InChI is InChI=1S/C27H24N4O3S/c1-27(20-12-6-3-7-13-20)24(33)31(25(34)29-27)18-23(32)30(17-16-19-10-4-2-5-11-19)26-28-21-14-8-9-15-22(21)35-26/h2-15H,16-18H2,1H3,(H,29,34). The van der Waals surface area contributed by atoms with Gasteiger partial charge in [0.15, 0.2) is 5.13 Å². The van der Waals surface area contributed by atoms with Crippen LogP contribution in [0.1, 0.15) is 18.1 Å². The first-order valence-electron chi connectivity index (χ1n) is 11.4. The van der Waals surface area contributed by atoms with Crippen LogP contribution in [0.4, 0.5) is 9.93 Å². The van der Waals surface area contributed by atoms with E-state index in [0.717, 1.165) is 20.7 Å². The van der Waals surface area contributed by atoms with Gasteiger partial charge in [0.1, 0.15) is 12.1 Å². The molecule has 0 spiro atoms. The fourth-order valence-corrected chi connectivity index (χ4v) is 5.23. The molecule has 1 aliphatic heterocycles. The van der Waals surface area contributed by atoms with E-state index < -0.39 is 17.5 Å². The summed E-state index contributed by atoms with van der Waals surface area (Å²) in [7, 11) is 0. The van der Waals surface area contributed by atoms with Gasteiger partial charge in [0.05, 0.1) is 10.2 Å². The van der Waals surface area contributed by atoms with Crippen molar-refractivity contribution in [3.8, 4) is 0 Å². The smallest absolute Gasteiger partial charge is 0.319 e. The molecule has 3 aromatic carbocycles. The molecular formula is C27H24N4O3S. The Morgan fingerprint density at radius 1 is 0.971 bits per heavy atom. The molecule has 1 atom stereocenters. The van der Waals surface area contributed by atoms with Crippen molar-refractivity contribution in [3.05, 3.63) is 96.1 Å². The van der Waals surface area contributed by atoms with E-state index in [1.54, 1.807) is 24.0 Å². The van der Waals surface area contributed by atoms with Crippen LogP contribution in [0, 0.1) is 0 Å². The van der Waals surface area contributed by atoms with E-state index in [2.05, 4.69) is 10.3 Å². The number of anilines is 1. The molecule has 1 fully saturated rings. The predicted molar refractivity (Wildman–Crippen MR) is 136 cm³/mol. The minimum atomic E-state index is -1.22. The highest BCUT2D eigenvalue weighted by Gasteiger charge is 2.49. The van der Waals surface area contributed by atoms with E-state index in [4.69, 9.17) is 0 Å². The van der Waals surface area contributed by atoms with Crippen LogP contribution in [0.2, 0.25) is 0 Å². The summed E-state index contributed by atoms with van der Waals surface area (Å²) in [5, 5.41) is 3.31. The van der Waals surface area contributed by atoms with Crippen LogP contribution in [0.15, 0.2) is 84.9 Å². The van der Waals surface area contributed by atoms with Crippen molar-refractivity contribution in [2.24, 2.45) is 0 Å². The van der Waals surface area contributed by atoms with Gasteiger partial charge in [-0.1, -0.05) is 84.1 Å². The van der Waals surface area contributed by atoms with Crippen molar-refractivity contribution in [2.75, 3.05) is 18.0 Å². The van der Waals surface area contributed by atoms with Crippen molar-refractivity contribution in [1.82, 2.24) is 15.2 Å². The van der Waals surface area contributed by atoms with Gasteiger partial charge in [-0.25, -0.2) is 9.78 Å². The summed E-state index contributed by atoms with van der Waals surface area (Å²) >= 11 is 1.41. The fourth-order valence-electron chi connectivity index (χ4n) is 4.22. The zero-order valence-corrected chi connectivity index (χ0v) is 20.0. The molecule has 1 N–H and O–H groups in total. The highest BCUT2D eigenvalue weighted by molar-refractivity contribution is 7.22. The Hall–Kier alpha value is -4.04. The van der Waals surface area contributed by atoms with E-state index in [0.29, 0.717) is 23.7 Å². The Balaban J connectivity index is 1.41. The molecule has 1 saturated heterocycles. The summed E-state index contributed by atoms with van der Waals surface area (Å²) in [6.45, 7) is 1.67. The summed E-state index contributed by atoms with van der Waals surface area (Å²) in [6.07, 6.45) is 0.615. The van der Waals surface area contributed by atoms with Gasteiger partial charge in [-0.05, 0) is 36.6 Å². The number of rotatable bonds is 7. The van der Waals surface area contributed by atoms with Crippen LogP contribution in [-0.2, 0) is 21.5 Å². The van der Waals surface area contributed by atoms with Crippen molar-refractivity contribution >= 4 is 44.5 Å². The number of fused-ring (bicyclic) bond motifs is 1. The van der Waals surface area contributed by atoms with E-state index in [9.17, 15) is 14.4 Å². The van der Waals surface area contributed by atoms with Crippen LogP contribution in [0.3, 0.4) is 0 Å². The minimum absolute atomic E-state index is 0.360. The van der Waals surface area contributed by atoms with Gasteiger partial charge >= 0.3 is 6.03 Å². The number of carbonyl (C=O) groups is 3. The van der Waals surface area contributed by atoms with E-state index >= 15 is 0 Å². The van der Waals surface area contributed by atoms with Crippen LogP contribution in [-0.4, -0.2) is 40.8 Å². The molecule has 0 bridgehead atoms. The highest BCUT2D eigenvalue weighted by atomic mass is 32.1. The normalized spacial score (nSPS) is 17.6. The maximum absolute atomic E-state index is 13.6. The Morgan fingerprint density at radius 3 is 2.34 bits per heavy atom.